The molecule has 0 aliphatic carbocycles. The minimum Gasteiger partial charge on any atom is -0.309 e. The molecule has 8 rings (SSSR count). The Morgan fingerprint density at radius 2 is 1.06 bits per heavy atom. The molecule has 0 radical (unpaired) electrons. The number of benzene rings is 5. The van der Waals surface area contributed by atoms with Crippen molar-refractivity contribution < 1.29 is 0 Å². The Hall–Kier alpha value is -5.03. The number of rotatable bonds is 2. The Morgan fingerprint density at radius 1 is 0.444 bits per heavy atom. The van der Waals surface area contributed by atoms with Gasteiger partial charge in [-0.2, -0.15) is 0 Å². The molecule has 0 saturated heterocycles. The summed E-state index contributed by atoms with van der Waals surface area (Å²) in [5.74, 6) is 0.615. The highest BCUT2D eigenvalue weighted by atomic mass is 15.2. The molecule has 36 heavy (non-hydrogen) atoms. The quantitative estimate of drug-likeness (QED) is 0.273. The Balaban J connectivity index is 1.61. The van der Waals surface area contributed by atoms with Crippen LogP contribution in [0.2, 0.25) is 0 Å². The minimum absolute atomic E-state index is 0.615. The molecule has 0 amide bonds. The zero-order valence-corrected chi connectivity index (χ0v) is 19.2. The third-order valence-electron chi connectivity index (χ3n) is 7.12. The molecule has 8 aromatic rings. The van der Waals surface area contributed by atoms with Gasteiger partial charge in [0, 0.05) is 27.2 Å². The zero-order valence-electron chi connectivity index (χ0n) is 19.2. The molecule has 0 aliphatic heterocycles. The lowest BCUT2D eigenvalue weighted by Crippen LogP contribution is -2.01. The van der Waals surface area contributed by atoms with E-state index in [4.69, 9.17) is 0 Å². The summed E-state index contributed by atoms with van der Waals surface area (Å²) in [6.45, 7) is 0. The van der Waals surface area contributed by atoms with E-state index in [1.807, 2.05) is 0 Å². The molecule has 0 bridgehead atoms. The Labute approximate surface area is 205 Å². The van der Waals surface area contributed by atoms with E-state index in [-0.39, 0.29) is 0 Å². The predicted molar refractivity (Wildman–Crippen MR) is 146 cm³/mol. The van der Waals surface area contributed by atoms with E-state index < -0.39 is 0 Å². The molecule has 0 fully saturated rings. The Morgan fingerprint density at radius 3 is 1.89 bits per heavy atom. The first-order valence-corrected chi connectivity index (χ1v) is 11.9. The highest BCUT2D eigenvalue weighted by molar-refractivity contribution is 6.20. The summed E-state index contributed by atoms with van der Waals surface area (Å²) in [7, 11) is 0. The maximum atomic E-state index is 4.50. The van der Waals surface area contributed by atoms with Gasteiger partial charge in [-0.05, 0) is 53.2 Å². The van der Waals surface area contributed by atoms with E-state index in [2.05, 4.69) is 127 Å². The number of hydrogen-bond donors (Lipinski definition) is 0. The first-order valence-electron chi connectivity index (χ1n) is 11.9. The molecular formula is C31H19N5. The Bertz CT molecular complexity index is 2090. The van der Waals surface area contributed by atoms with E-state index in [0.29, 0.717) is 5.95 Å². The fraction of sp³-hybridized carbons (Fsp3) is 0. The topological polar surface area (TPSA) is 48.5 Å². The second kappa shape index (κ2) is 7.23. The number of aromatic nitrogens is 5. The number of hydrogen-bond acceptors (Lipinski definition) is 3. The Kier molecular flexibility index (Phi) is 3.88. The molecule has 5 heteroatoms. The van der Waals surface area contributed by atoms with E-state index in [1.54, 1.807) is 12.7 Å². The summed E-state index contributed by atoms with van der Waals surface area (Å²) in [5.41, 5.74) is 5.62. The van der Waals surface area contributed by atoms with Gasteiger partial charge in [-0.1, -0.05) is 60.7 Å². The molecule has 3 heterocycles. The van der Waals surface area contributed by atoms with E-state index >= 15 is 0 Å². The highest BCUT2D eigenvalue weighted by Crippen LogP contribution is 2.40. The maximum Gasteiger partial charge on any atom is 0.237 e. The van der Waals surface area contributed by atoms with Gasteiger partial charge in [0.15, 0.2) is 0 Å². The maximum absolute atomic E-state index is 4.50. The summed E-state index contributed by atoms with van der Waals surface area (Å²) < 4.78 is 4.50. The van der Waals surface area contributed by atoms with Crippen molar-refractivity contribution in [2.24, 2.45) is 0 Å². The normalized spacial score (nSPS) is 11.9. The number of para-hydroxylation sites is 2. The van der Waals surface area contributed by atoms with Crippen LogP contribution in [-0.2, 0) is 0 Å². The van der Waals surface area contributed by atoms with Gasteiger partial charge >= 0.3 is 0 Å². The minimum atomic E-state index is 0.615. The molecule has 168 valence electrons. The lowest BCUT2D eigenvalue weighted by Gasteiger charge is -2.09. The third-order valence-corrected chi connectivity index (χ3v) is 7.12. The smallest absolute Gasteiger partial charge is 0.237 e. The van der Waals surface area contributed by atoms with Gasteiger partial charge in [0.1, 0.15) is 12.7 Å². The van der Waals surface area contributed by atoms with Gasteiger partial charge in [0.25, 0.3) is 0 Å². The van der Waals surface area contributed by atoms with Gasteiger partial charge < -0.3 is 4.57 Å². The summed E-state index contributed by atoms with van der Waals surface area (Å²) in [5, 5.41) is 7.30. The van der Waals surface area contributed by atoms with Crippen LogP contribution in [0.15, 0.2) is 116 Å². The van der Waals surface area contributed by atoms with Crippen LogP contribution in [0.1, 0.15) is 0 Å². The third kappa shape index (κ3) is 2.62. The highest BCUT2D eigenvalue weighted by Gasteiger charge is 2.19. The molecule has 0 spiro atoms. The van der Waals surface area contributed by atoms with Crippen molar-refractivity contribution in [1.29, 1.82) is 0 Å². The van der Waals surface area contributed by atoms with Crippen molar-refractivity contribution in [1.82, 2.24) is 24.1 Å². The second-order valence-corrected chi connectivity index (χ2v) is 9.06. The van der Waals surface area contributed by atoms with Crippen LogP contribution in [-0.4, -0.2) is 24.1 Å². The van der Waals surface area contributed by atoms with E-state index in [9.17, 15) is 0 Å². The van der Waals surface area contributed by atoms with Crippen LogP contribution >= 0.6 is 0 Å². The molecule has 0 atom stereocenters. The van der Waals surface area contributed by atoms with Crippen molar-refractivity contribution >= 4 is 54.4 Å². The van der Waals surface area contributed by atoms with Crippen molar-refractivity contribution in [3.8, 4) is 11.6 Å². The predicted octanol–water partition coefficient (Wildman–Crippen LogP) is 7.22. The van der Waals surface area contributed by atoms with Crippen LogP contribution in [0.3, 0.4) is 0 Å². The van der Waals surface area contributed by atoms with Crippen molar-refractivity contribution in [2.45, 2.75) is 0 Å². The number of fused-ring (bicyclic) bond motifs is 7. The first kappa shape index (κ1) is 19.3. The molecule has 0 saturated carbocycles. The lowest BCUT2D eigenvalue weighted by molar-refractivity contribution is 0.940. The van der Waals surface area contributed by atoms with E-state index in [1.165, 1.54) is 37.8 Å². The van der Waals surface area contributed by atoms with Gasteiger partial charge in [0.2, 0.25) is 5.95 Å². The monoisotopic (exact) mass is 461 g/mol. The summed E-state index contributed by atoms with van der Waals surface area (Å²) >= 11 is 0. The zero-order chi connectivity index (χ0) is 23.6. The van der Waals surface area contributed by atoms with E-state index in [0.717, 1.165) is 22.2 Å². The summed E-state index contributed by atoms with van der Waals surface area (Å²) in [6.07, 6.45) is 3.10. The van der Waals surface area contributed by atoms with Crippen LogP contribution in [0.25, 0.3) is 66.0 Å². The van der Waals surface area contributed by atoms with Crippen LogP contribution in [0.5, 0.6) is 0 Å². The second-order valence-electron chi connectivity index (χ2n) is 9.06. The summed E-state index contributed by atoms with van der Waals surface area (Å²) in [4.78, 5) is 13.0. The average Bonchev–Trinajstić information content (AvgIpc) is 3.43. The lowest BCUT2D eigenvalue weighted by atomic mass is 10.0. The molecule has 0 N–H and O–H groups in total. The molecular weight excluding hydrogens is 442 g/mol. The largest absolute Gasteiger partial charge is 0.309 e. The van der Waals surface area contributed by atoms with Crippen LogP contribution < -0.4 is 0 Å². The number of nitrogens with zero attached hydrogens (tertiary/aromatic N) is 5. The van der Waals surface area contributed by atoms with Gasteiger partial charge in [-0.25, -0.2) is 15.0 Å². The molecule has 5 aromatic carbocycles. The molecule has 5 nitrogen and oxygen atoms in total. The average molecular weight is 462 g/mol. The van der Waals surface area contributed by atoms with Gasteiger partial charge in [0.05, 0.1) is 22.1 Å². The van der Waals surface area contributed by atoms with Crippen LogP contribution in [0.4, 0.5) is 0 Å². The summed E-state index contributed by atoms with van der Waals surface area (Å²) in [6, 6.07) is 36.8. The standard InChI is InChI=1S/C31H19N5/c1-2-10-22(11-3-1)35-28-15-21-9-5-4-8-20(21)14-24(28)26-16-25-23-12-6-7-13-27(23)36(30(25)17-29(26)35)31-33-18-32-19-34-31/h1-19H. The molecule has 3 aromatic heterocycles. The van der Waals surface area contributed by atoms with Crippen molar-refractivity contribution in [3.63, 3.8) is 0 Å². The fourth-order valence-corrected chi connectivity index (χ4v) is 5.58. The van der Waals surface area contributed by atoms with Crippen molar-refractivity contribution in [3.05, 3.63) is 116 Å². The van der Waals surface area contributed by atoms with Crippen LogP contribution in [0, 0.1) is 0 Å². The first-order chi connectivity index (χ1) is 17.9. The SMILES string of the molecule is c1ccc(-n2c3cc4ccccc4cc3c3cc4c5ccccc5n(-c5ncncn5)c4cc32)cc1. The van der Waals surface area contributed by atoms with Gasteiger partial charge in [-0.3, -0.25) is 4.57 Å². The van der Waals surface area contributed by atoms with Crippen molar-refractivity contribution in [2.75, 3.05) is 0 Å². The molecule has 0 aliphatic rings. The fourth-order valence-electron chi connectivity index (χ4n) is 5.58. The van der Waals surface area contributed by atoms with Gasteiger partial charge in [-0.15, -0.1) is 0 Å². The molecule has 0 unspecified atom stereocenters.